The van der Waals surface area contributed by atoms with Gasteiger partial charge in [0.05, 0.1) is 17.7 Å². The van der Waals surface area contributed by atoms with Crippen molar-refractivity contribution in [3.8, 4) is 0 Å². The first-order chi connectivity index (χ1) is 13.9. The zero-order valence-corrected chi connectivity index (χ0v) is 16.4. The zero-order chi connectivity index (χ0) is 21.0. The summed E-state index contributed by atoms with van der Waals surface area (Å²) in [7, 11) is 0. The van der Waals surface area contributed by atoms with Crippen LogP contribution in [0.4, 0.5) is 0 Å². The highest BCUT2D eigenvalue weighted by molar-refractivity contribution is 6.21. The Labute approximate surface area is 169 Å². The number of imide groups is 1. The van der Waals surface area contributed by atoms with Gasteiger partial charge in [-0.15, -0.1) is 0 Å². The van der Waals surface area contributed by atoms with Crippen LogP contribution in [0.5, 0.6) is 0 Å². The standard InChI is InChI=1S/C22H23N3O4/c1-14(2)19(26)23-10-11-24-20(27)16-7-5-6-15(12-16)13-25-21(28)17-8-3-4-9-18(17)22(25)29/h3-9,12,14H,10-11,13H2,1-2H3,(H,23,26)(H,24,27). The predicted octanol–water partition coefficient (Wildman–Crippen LogP) is 1.98. The highest BCUT2D eigenvalue weighted by atomic mass is 16.2. The van der Waals surface area contributed by atoms with Crippen LogP contribution in [0.15, 0.2) is 48.5 Å². The first-order valence-corrected chi connectivity index (χ1v) is 9.48. The minimum Gasteiger partial charge on any atom is -0.354 e. The Morgan fingerprint density at radius 3 is 2.14 bits per heavy atom. The molecule has 2 N–H and O–H groups in total. The summed E-state index contributed by atoms with van der Waals surface area (Å²) in [6.07, 6.45) is 0. The van der Waals surface area contributed by atoms with E-state index in [1.807, 2.05) is 0 Å². The molecule has 1 aliphatic rings. The van der Waals surface area contributed by atoms with E-state index in [2.05, 4.69) is 10.6 Å². The van der Waals surface area contributed by atoms with E-state index in [4.69, 9.17) is 0 Å². The van der Waals surface area contributed by atoms with Gasteiger partial charge in [-0.2, -0.15) is 0 Å². The summed E-state index contributed by atoms with van der Waals surface area (Å²) in [5.41, 5.74) is 1.90. The number of benzene rings is 2. The fourth-order valence-electron chi connectivity index (χ4n) is 3.04. The number of amides is 4. The van der Waals surface area contributed by atoms with Crippen molar-refractivity contribution in [2.24, 2.45) is 5.92 Å². The van der Waals surface area contributed by atoms with E-state index in [-0.39, 0.29) is 36.1 Å². The van der Waals surface area contributed by atoms with Crippen molar-refractivity contribution in [1.82, 2.24) is 15.5 Å². The van der Waals surface area contributed by atoms with E-state index in [1.165, 1.54) is 4.90 Å². The SMILES string of the molecule is CC(C)C(=O)NCCNC(=O)c1cccc(CN2C(=O)c3ccccc3C2=O)c1. The van der Waals surface area contributed by atoms with Crippen molar-refractivity contribution in [2.45, 2.75) is 20.4 Å². The van der Waals surface area contributed by atoms with Gasteiger partial charge in [-0.3, -0.25) is 24.1 Å². The molecule has 0 bridgehead atoms. The summed E-state index contributed by atoms with van der Waals surface area (Å²) in [5, 5.41) is 5.48. The summed E-state index contributed by atoms with van der Waals surface area (Å²) in [4.78, 5) is 50.0. The second-order valence-corrected chi connectivity index (χ2v) is 7.14. The van der Waals surface area contributed by atoms with Crippen molar-refractivity contribution < 1.29 is 19.2 Å². The van der Waals surface area contributed by atoms with Gasteiger partial charge >= 0.3 is 0 Å². The van der Waals surface area contributed by atoms with Gasteiger partial charge in [0.2, 0.25) is 5.91 Å². The van der Waals surface area contributed by atoms with Crippen molar-refractivity contribution >= 4 is 23.6 Å². The smallest absolute Gasteiger partial charge is 0.261 e. The molecule has 7 nitrogen and oxygen atoms in total. The molecule has 0 spiro atoms. The maximum Gasteiger partial charge on any atom is 0.261 e. The molecule has 150 valence electrons. The van der Waals surface area contributed by atoms with Crippen molar-refractivity contribution in [3.05, 3.63) is 70.8 Å². The molecule has 0 saturated carbocycles. The number of fused-ring (bicyclic) bond motifs is 1. The molecule has 0 unspecified atom stereocenters. The maximum absolute atomic E-state index is 12.5. The van der Waals surface area contributed by atoms with E-state index < -0.39 is 0 Å². The van der Waals surface area contributed by atoms with E-state index in [0.29, 0.717) is 35.3 Å². The molecule has 1 aliphatic heterocycles. The summed E-state index contributed by atoms with van der Waals surface area (Å²) < 4.78 is 0. The molecule has 0 aromatic heterocycles. The molecule has 4 amide bonds. The Kier molecular flexibility index (Phi) is 6.07. The number of rotatable bonds is 7. The van der Waals surface area contributed by atoms with Crippen LogP contribution in [-0.4, -0.2) is 41.6 Å². The molecular formula is C22H23N3O4. The zero-order valence-electron chi connectivity index (χ0n) is 16.4. The largest absolute Gasteiger partial charge is 0.354 e. The van der Waals surface area contributed by atoms with Crippen LogP contribution in [0.1, 0.15) is 50.5 Å². The molecule has 3 rings (SSSR count). The van der Waals surface area contributed by atoms with Gasteiger partial charge in [0.15, 0.2) is 0 Å². The van der Waals surface area contributed by atoms with E-state index in [1.54, 1.807) is 62.4 Å². The maximum atomic E-state index is 12.5. The molecule has 7 heteroatoms. The number of carbonyl (C=O) groups is 4. The number of carbonyl (C=O) groups excluding carboxylic acids is 4. The first-order valence-electron chi connectivity index (χ1n) is 9.48. The summed E-state index contributed by atoms with van der Waals surface area (Å²) >= 11 is 0. The Morgan fingerprint density at radius 2 is 1.52 bits per heavy atom. The lowest BCUT2D eigenvalue weighted by atomic mass is 10.1. The van der Waals surface area contributed by atoms with Crippen LogP contribution in [0.2, 0.25) is 0 Å². The lowest BCUT2D eigenvalue weighted by Gasteiger charge is -2.14. The van der Waals surface area contributed by atoms with Crippen LogP contribution in [-0.2, 0) is 11.3 Å². The van der Waals surface area contributed by atoms with E-state index in [9.17, 15) is 19.2 Å². The predicted molar refractivity (Wildman–Crippen MR) is 107 cm³/mol. The van der Waals surface area contributed by atoms with Crippen LogP contribution in [0.3, 0.4) is 0 Å². The van der Waals surface area contributed by atoms with Gasteiger partial charge in [-0.05, 0) is 29.8 Å². The molecule has 0 fully saturated rings. The average molecular weight is 393 g/mol. The van der Waals surface area contributed by atoms with Gasteiger partial charge < -0.3 is 10.6 Å². The number of nitrogens with zero attached hydrogens (tertiary/aromatic N) is 1. The molecule has 0 saturated heterocycles. The number of nitrogens with one attached hydrogen (secondary N) is 2. The van der Waals surface area contributed by atoms with Crippen LogP contribution in [0, 0.1) is 5.92 Å². The average Bonchev–Trinajstić information content (AvgIpc) is 2.96. The molecule has 0 radical (unpaired) electrons. The summed E-state index contributed by atoms with van der Waals surface area (Å²) in [6, 6.07) is 13.5. The van der Waals surface area contributed by atoms with Gasteiger partial charge in [-0.1, -0.05) is 38.1 Å². The van der Waals surface area contributed by atoms with Crippen molar-refractivity contribution in [3.63, 3.8) is 0 Å². The van der Waals surface area contributed by atoms with E-state index in [0.717, 1.165) is 0 Å². The molecule has 29 heavy (non-hydrogen) atoms. The molecule has 2 aromatic carbocycles. The minimum atomic E-state index is -0.332. The lowest BCUT2D eigenvalue weighted by molar-refractivity contribution is -0.123. The fourth-order valence-corrected chi connectivity index (χ4v) is 3.04. The highest BCUT2D eigenvalue weighted by Crippen LogP contribution is 2.24. The second kappa shape index (κ2) is 8.68. The van der Waals surface area contributed by atoms with Gasteiger partial charge in [-0.25, -0.2) is 0 Å². The normalized spacial score (nSPS) is 12.9. The first kappa shape index (κ1) is 20.3. The van der Waals surface area contributed by atoms with Gasteiger partial charge in [0.25, 0.3) is 17.7 Å². The molecule has 0 aliphatic carbocycles. The Bertz CT molecular complexity index is 933. The highest BCUT2D eigenvalue weighted by Gasteiger charge is 2.34. The van der Waals surface area contributed by atoms with Crippen LogP contribution in [0.25, 0.3) is 0 Å². The Morgan fingerprint density at radius 1 is 0.897 bits per heavy atom. The van der Waals surface area contributed by atoms with Crippen LogP contribution < -0.4 is 10.6 Å². The Balaban J connectivity index is 1.60. The molecule has 0 atom stereocenters. The summed E-state index contributed by atoms with van der Waals surface area (Å²) in [5.74, 6) is -1.12. The van der Waals surface area contributed by atoms with E-state index >= 15 is 0 Å². The van der Waals surface area contributed by atoms with Crippen molar-refractivity contribution in [2.75, 3.05) is 13.1 Å². The summed E-state index contributed by atoms with van der Waals surface area (Å²) in [6.45, 7) is 4.34. The Hall–Kier alpha value is -3.48. The van der Waals surface area contributed by atoms with Crippen molar-refractivity contribution in [1.29, 1.82) is 0 Å². The number of hydrogen-bond donors (Lipinski definition) is 2. The van der Waals surface area contributed by atoms with Gasteiger partial charge in [0.1, 0.15) is 0 Å². The topological polar surface area (TPSA) is 95.6 Å². The monoisotopic (exact) mass is 393 g/mol. The third kappa shape index (κ3) is 4.51. The van der Waals surface area contributed by atoms with Gasteiger partial charge in [0, 0.05) is 24.6 Å². The second-order valence-electron chi connectivity index (χ2n) is 7.14. The fraction of sp³-hybridized carbons (Fsp3) is 0.273. The molecule has 2 aromatic rings. The lowest BCUT2D eigenvalue weighted by Crippen LogP contribution is -2.36. The number of hydrogen-bond acceptors (Lipinski definition) is 4. The molecule has 1 heterocycles. The quantitative estimate of drug-likeness (QED) is 0.555. The minimum absolute atomic E-state index is 0.0674. The molecular weight excluding hydrogens is 370 g/mol. The third-order valence-corrected chi connectivity index (χ3v) is 4.64. The van der Waals surface area contributed by atoms with Crippen LogP contribution >= 0.6 is 0 Å². The third-order valence-electron chi connectivity index (χ3n) is 4.64.